The average molecular weight is 198 g/mol. The fourth-order valence-corrected chi connectivity index (χ4v) is 3.19. The molecule has 1 unspecified atom stereocenters. The fraction of sp³-hybridized carbons (Fsp3) is 0.909. The largest absolute Gasteiger partial charge is 0.462 e. The van der Waals surface area contributed by atoms with Crippen LogP contribution in [0.5, 0.6) is 0 Å². The van der Waals surface area contributed by atoms with Crippen molar-refractivity contribution in [2.24, 2.45) is 5.41 Å². The average Bonchev–Trinajstić information content (AvgIpc) is 2.63. The van der Waals surface area contributed by atoms with Crippen LogP contribution in [0.25, 0.3) is 0 Å². The van der Waals surface area contributed by atoms with Gasteiger partial charge in [-0.3, -0.25) is 4.79 Å². The Labute approximate surface area is 84.4 Å². The van der Waals surface area contributed by atoms with Gasteiger partial charge in [-0.15, -0.1) is 0 Å². The van der Waals surface area contributed by atoms with Crippen LogP contribution < -0.4 is 0 Å². The molecule has 1 N–H and O–H groups in total. The number of carbonyl (C=O) groups excluding carboxylic acids is 1. The van der Waals surface area contributed by atoms with Gasteiger partial charge in [0.15, 0.2) is 0 Å². The van der Waals surface area contributed by atoms with E-state index in [-0.39, 0.29) is 23.6 Å². The standard InChI is InChI=1S/C11H18O3/c1-8(12)14-10-5-3-7-11(10)6-2-4-9(11)13/h9-10,13H,2-7H2,1H3/t9-,10+,11?/m0/s1. The molecule has 3 atom stereocenters. The van der Waals surface area contributed by atoms with E-state index in [9.17, 15) is 9.90 Å². The Morgan fingerprint density at radius 1 is 1.36 bits per heavy atom. The highest BCUT2D eigenvalue weighted by molar-refractivity contribution is 5.66. The van der Waals surface area contributed by atoms with Gasteiger partial charge in [-0.05, 0) is 32.1 Å². The van der Waals surface area contributed by atoms with E-state index >= 15 is 0 Å². The van der Waals surface area contributed by atoms with Gasteiger partial charge < -0.3 is 9.84 Å². The summed E-state index contributed by atoms with van der Waals surface area (Å²) in [7, 11) is 0. The molecular formula is C11H18O3. The van der Waals surface area contributed by atoms with Gasteiger partial charge in [0.1, 0.15) is 6.10 Å². The van der Waals surface area contributed by atoms with E-state index in [2.05, 4.69) is 0 Å². The van der Waals surface area contributed by atoms with Gasteiger partial charge in [-0.1, -0.05) is 6.42 Å². The van der Waals surface area contributed by atoms with Crippen LogP contribution in [0.2, 0.25) is 0 Å². The van der Waals surface area contributed by atoms with Gasteiger partial charge in [-0.2, -0.15) is 0 Å². The maximum atomic E-state index is 10.9. The van der Waals surface area contributed by atoms with Crippen LogP contribution >= 0.6 is 0 Å². The summed E-state index contributed by atoms with van der Waals surface area (Å²) in [6.45, 7) is 1.45. The number of aliphatic hydroxyl groups is 1. The summed E-state index contributed by atoms with van der Waals surface area (Å²) in [6, 6.07) is 0. The highest BCUT2D eigenvalue weighted by Gasteiger charge is 2.52. The third kappa shape index (κ3) is 1.44. The quantitative estimate of drug-likeness (QED) is 0.651. The van der Waals surface area contributed by atoms with Gasteiger partial charge in [0.2, 0.25) is 0 Å². The Bertz CT molecular complexity index is 235. The zero-order valence-corrected chi connectivity index (χ0v) is 8.66. The Kier molecular flexibility index (Phi) is 2.52. The lowest BCUT2D eigenvalue weighted by Crippen LogP contribution is -2.39. The lowest BCUT2D eigenvalue weighted by molar-refractivity contribution is -0.155. The summed E-state index contributed by atoms with van der Waals surface area (Å²) in [6.07, 6.45) is 5.70. The maximum Gasteiger partial charge on any atom is 0.302 e. The number of rotatable bonds is 1. The first kappa shape index (κ1) is 9.97. The van der Waals surface area contributed by atoms with Crippen molar-refractivity contribution >= 4 is 5.97 Å². The molecular weight excluding hydrogens is 180 g/mol. The number of carbonyl (C=O) groups is 1. The van der Waals surface area contributed by atoms with Crippen molar-refractivity contribution in [3.8, 4) is 0 Å². The number of esters is 1. The van der Waals surface area contributed by atoms with Crippen molar-refractivity contribution in [1.29, 1.82) is 0 Å². The number of hydrogen-bond acceptors (Lipinski definition) is 3. The molecule has 0 radical (unpaired) electrons. The van der Waals surface area contributed by atoms with E-state index in [1.165, 1.54) is 6.92 Å². The van der Waals surface area contributed by atoms with Crippen molar-refractivity contribution in [3.05, 3.63) is 0 Å². The second-order valence-electron chi connectivity index (χ2n) is 4.63. The zero-order valence-electron chi connectivity index (χ0n) is 8.66. The van der Waals surface area contributed by atoms with E-state index in [4.69, 9.17) is 4.74 Å². The van der Waals surface area contributed by atoms with Crippen LogP contribution in [-0.2, 0) is 9.53 Å². The predicted octanol–water partition coefficient (Wildman–Crippen LogP) is 1.63. The summed E-state index contributed by atoms with van der Waals surface area (Å²) in [5, 5.41) is 9.97. The highest BCUT2D eigenvalue weighted by atomic mass is 16.5. The van der Waals surface area contributed by atoms with Crippen LogP contribution in [-0.4, -0.2) is 23.3 Å². The second-order valence-corrected chi connectivity index (χ2v) is 4.63. The molecule has 3 heteroatoms. The topological polar surface area (TPSA) is 46.5 Å². The molecule has 2 fully saturated rings. The first-order valence-corrected chi connectivity index (χ1v) is 5.50. The van der Waals surface area contributed by atoms with E-state index in [1.807, 2.05) is 0 Å². The molecule has 14 heavy (non-hydrogen) atoms. The van der Waals surface area contributed by atoms with Gasteiger partial charge in [0, 0.05) is 12.3 Å². The summed E-state index contributed by atoms with van der Waals surface area (Å²) in [5.74, 6) is -0.213. The molecule has 1 spiro atoms. The van der Waals surface area contributed by atoms with Crippen molar-refractivity contribution in [1.82, 2.24) is 0 Å². The van der Waals surface area contributed by atoms with E-state index in [0.717, 1.165) is 38.5 Å². The first-order chi connectivity index (χ1) is 6.65. The lowest BCUT2D eigenvalue weighted by atomic mass is 9.80. The minimum atomic E-state index is -0.255. The Balaban J connectivity index is 2.12. The number of aliphatic hydroxyl groups excluding tert-OH is 1. The molecule has 0 aromatic rings. The predicted molar refractivity (Wildman–Crippen MR) is 51.7 cm³/mol. The van der Waals surface area contributed by atoms with Gasteiger partial charge >= 0.3 is 5.97 Å². The zero-order chi connectivity index (χ0) is 10.2. The molecule has 0 amide bonds. The second kappa shape index (κ2) is 3.54. The normalized spacial score (nSPS) is 41.9. The lowest BCUT2D eigenvalue weighted by Gasteiger charge is -2.33. The van der Waals surface area contributed by atoms with Gasteiger partial charge in [0.25, 0.3) is 0 Å². The van der Waals surface area contributed by atoms with E-state index in [0.29, 0.717) is 0 Å². The van der Waals surface area contributed by atoms with Gasteiger partial charge in [0.05, 0.1) is 6.10 Å². The summed E-state index contributed by atoms with van der Waals surface area (Å²) < 4.78 is 5.32. The van der Waals surface area contributed by atoms with Crippen LogP contribution in [0, 0.1) is 5.41 Å². The van der Waals surface area contributed by atoms with Crippen molar-refractivity contribution in [3.63, 3.8) is 0 Å². The first-order valence-electron chi connectivity index (χ1n) is 5.50. The molecule has 0 aromatic carbocycles. The van der Waals surface area contributed by atoms with Crippen molar-refractivity contribution in [2.75, 3.05) is 0 Å². The van der Waals surface area contributed by atoms with E-state index in [1.54, 1.807) is 0 Å². The fourth-order valence-electron chi connectivity index (χ4n) is 3.19. The molecule has 2 saturated carbocycles. The van der Waals surface area contributed by atoms with Crippen LogP contribution in [0.15, 0.2) is 0 Å². The minimum Gasteiger partial charge on any atom is -0.462 e. The molecule has 3 nitrogen and oxygen atoms in total. The van der Waals surface area contributed by atoms with Gasteiger partial charge in [-0.25, -0.2) is 0 Å². The van der Waals surface area contributed by atoms with Crippen molar-refractivity contribution < 1.29 is 14.6 Å². The smallest absolute Gasteiger partial charge is 0.302 e. The highest BCUT2D eigenvalue weighted by Crippen LogP contribution is 2.51. The Morgan fingerprint density at radius 3 is 2.57 bits per heavy atom. The van der Waals surface area contributed by atoms with E-state index < -0.39 is 0 Å². The Morgan fingerprint density at radius 2 is 2.00 bits per heavy atom. The molecule has 0 aromatic heterocycles. The number of ether oxygens (including phenoxy) is 1. The molecule has 2 aliphatic rings. The Hall–Kier alpha value is -0.570. The van der Waals surface area contributed by atoms with Crippen molar-refractivity contribution in [2.45, 2.75) is 57.7 Å². The molecule has 2 rings (SSSR count). The summed E-state index contributed by atoms with van der Waals surface area (Å²) >= 11 is 0. The SMILES string of the molecule is CC(=O)O[C@@H]1CCCC12CCC[C@@H]2O. The molecule has 80 valence electrons. The van der Waals surface area contributed by atoms with Crippen LogP contribution in [0.3, 0.4) is 0 Å². The third-order valence-corrected chi connectivity index (χ3v) is 3.84. The molecule has 0 saturated heterocycles. The molecule has 0 heterocycles. The summed E-state index contributed by atoms with van der Waals surface area (Å²) in [5.41, 5.74) is -0.0916. The minimum absolute atomic E-state index is 0.0301. The molecule has 2 aliphatic carbocycles. The molecule has 0 aliphatic heterocycles. The molecule has 0 bridgehead atoms. The maximum absolute atomic E-state index is 10.9. The third-order valence-electron chi connectivity index (χ3n) is 3.84. The summed E-state index contributed by atoms with van der Waals surface area (Å²) in [4.78, 5) is 10.9. The van der Waals surface area contributed by atoms with Crippen LogP contribution in [0.4, 0.5) is 0 Å². The monoisotopic (exact) mass is 198 g/mol. The van der Waals surface area contributed by atoms with Crippen LogP contribution in [0.1, 0.15) is 45.4 Å². The number of hydrogen-bond donors (Lipinski definition) is 1.